The van der Waals surface area contributed by atoms with Gasteiger partial charge in [-0.05, 0) is 17.5 Å². The van der Waals surface area contributed by atoms with E-state index in [9.17, 15) is 0 Å². The molecule has 0 fully saturated rings. The predicted octanol–water partition coefficient (Wildman–Crippen LogP) is 4.27. The van der Waals surface area contributed by atoms with Crippen LogP contribution in [0.1, 0.15) is 24.5 Å². The summed E-state index contributed by atoms with van der Waals surface area (Å²) in [6.07, 6.45) is 0.976. The molecule has 0 aromatic heterocycles. The second kappa shape index (κ2) is 4.75. The summed E-state index contributed by atoms with van der Waals surface area (Å²) in [6, 6.07) is 20.9. The van der Waals surface area contributed by atoms with Gasteiger partial charge in [-0.15, -0.1) is 0 Å². The smallest absolute Gasteiger partial charge is 0.0624 e. The lowest BCUT2D eigenvalue weighted by molar-refractivity contribution is 0.716. The summed E-state index contributed by atoms with van der Waals surface area (Å²) < 4.78 is -0.178. The van der Waals surface area contributed by atoms with Crippen LogP contribution >= 0.6 is 12.6 Å². The molecule has 0 saturated carbocycles. The van der Waals surface area contributed by atoms with Gasteiger partial charge in [-0.3, -0.25) is 0 Å². The first-order valence-electron chi connectivity index (χ1n) is 5.61. The number of hydrogen-bond acceptors (Lipinski definition) is 1. The standard InChI is InChI=1S/C15H16S/c1-2-15(16,13-9-5-3-6-10-13)14-11-7-4-8-12-14/h3-12,16H,2H2,1H3. The maximum atomic E-state index is 4.90. The summed E-state index contributed by atoms with van der Waals surface area (Å²) >= 11 is 4.90. The molecule has 0 aliphatic rings. The largest absolute Gasteiger partial charge is 0.163 e. The van der Waals surface area contributed by atoms with Crippen molar-refractivity contribution in [1.82, 2.24) is 0 Å². The molecule has 0 nitrogen and oxygen atoms in total. The Morgan fingerprint density at radius 3 is 1.50 bits per heavy atom. The van der Waals surface area contributed by atoms with Crippen LogP contribution in [-0.4, -0.2) is 0 Å². The van der Waals surface area contributed by atoms with Crippen molar-refractivity contribution in [3.05, 3.63) is 71.8 Å². The van der Waals surface area contributed by atoms with E-state index in [0.29, 0.717) is 0 Å². The third-order valence-electron chi connectivity index (χ3n) is 3.01. The molecule has 16 heavy (non-hydrogen) atoms. The molecule has 0 unspecified atom stereocenters. The molecule has 0 heterocycles. The van der Waals surface area contributed by atoms with Gasteiger partial charge in [-0.25, -0.2) is 0 Å². The Labute approximate surface area is 103 Å². The minimum atomic E-state index is -0.178. The van der Waals surface area contributed by atoms with E-state index in [2.05, 4.69) is 55.5 Å². The van der Waals surface area contributed by atoms with Gasteiger partial charge in [-0.1, -0.05) is 67.6 Å². The molecular formula is C15H16S. The Kier molecular flexibility index (Phi) is 3.35. The van der Waals surface area contributed by atoms with E-state index in [4.69, 9.17) is 12.6 Å². The van der Waals surface area contributed by atoms with Crippen molar-refractivity contribution in [2.45, 2.75) is 18.1 Å². The minimum Gasteiger partial charge on any atom is -0.163 e. The first-order valence-corrected chi connectivity index (χ1v) is 6.05. The number of rotatable bonds is 3. The third kappa shape index (κ3) is 2.00. The summed E-state index contributed by atoms with van der Waals surface area (Å²) in [6.45, 7) is 2.17. The Balaban J connectivity index is 2.49. The van der Waals surface area contributed by atoms with E-state index in [1.165, 1.54) is 11.1 Å². The van der Waals surface area contributed by atoms with E-state index in [-0.39, 0.29) is 4.75 Å². The second-order valence-corrected chi connectivity index (χ2v) is 4.71. The van der Waals surface area contributed by atoms with E-state index in [1.807, 2.05) is 12.1 Å². The van der Waals surface area contributed by atoms with Crippen LogP contribution in [0.5, 0.6) is 0 Å². The van der Waals surface area contributed by atoms with Crippen molar-refractivity contribution >= 4 is 12.6 Å². The normalized spacial score (nSPS) is 11.4. The number of hydrogen-bond donors (Lipinski definition) is 1. The van der Waals surface area contributed by atoms with Crippen LogP contribution in [0.4, 0.5) is 0 Å². The van der Waals surface area contributed by atoms with Crippen molar-refractivity contribution in [2.24, 2.45) is 0 Å². The Hall–Kier alpha value is -1.21. The Morgan fingerprint density at radius 2 is 1.19 bits per heavy atom. The van der Waals surface area contributed by atoms with E-state index < -0.39 is 0 Å². The lowest BCUT2D eigenvalue weighted by Crippen LogP contribution is -2.19. The first kappa shape index (κ1) is 11.3. The number of benzene rings is 2. The van der Waals surface area contributed by atoms with Gasteiger partial charge in [0.2, 0.25) is 0 Å². The summed E-state index contributed by atoms with van der Waals surface area (Å²) in [5, 5.41) is 0. The van der Waals surface area contributed by atoms with Crippen LogP contribution in [0.3, 0.4) is 0 Å². The zero-order valence-corrected chi connectivity index (χ0v) is 10.3. The average molecular weight is 228 g/mol. The molecule has 2 aromatic rings. The van der Waals surface area contributed by atoms with Crippen molar-refractivity contribution in [3.63, 3.8) is 0 Å². The second-order valence-electron chi connectivity index (χ2n) is 3.95. The van der Waals surface area contributed by atoms with Gasteiger partial charge in [0.05, 0.1) is 4.75 Å². The molecule has 0 amide bonds. The monoisotopic (exact) mass is 228 g/mol. The van der Waals surface area contributed by atoms with Crippen LogP contribution in [0.25, 0.3) is 0 Å². The molecule has 0 radical (unpaired) electrons. The van der Waals surface area contributed by atoms with Crippen LogP contribution in [-0.2, 0) is 4.75 Å². The van der Waals surface area contributed by atoms with Crippen LogP contribution in [0.2, 0.25) is 0 Å². The zero-order valence-electron chi connectivity index (χ0n) is 9.43. The van der Waals surface area contributed by atoms with Gasteiger partial charge in [-0.2, -0.15) is 12.6 Å². The van der Waals surface area contributed by atoms with Gasteiger partial charge in [0.1, 0.15) is 0 Å². The maximum absolute atomic E-state index is 4.90. The van der Waals surface area contributed by atoms with Crippen molar-refractivity contribution in [2.75, 3.05) is 0 Å². The fourth-order valence-corrected chi connectivity index (χ4v) is 2.30. The number of thiol groups is 1. The van der Waals surface area contributed by atoms with Crippen LogP contribution in [0.15, 0.2) is 60.7 Å². The molecule has 0 bridgehead atoms. The average Bonchev–Trinajstić information content (AvgIpc) is 2.40. The van der Waals surface area contributed by atoms with Crippen LogP contribution in [0, 0.1) is 0 Å². The lowest BCUT2D eigenvalue weighted by Gasteiger charge is -2.28. The third-order valence-corrected chi connectivity index (χ3v) is 3.85. The van der Waals surface area contributed by atoms with Crippen molar-refractivity contribution < 1.29 is 0 Å². The Bertz CT molecular complexity index is 394. The quantitative estimate of drug-likeness (QED) is 0.745. The van der Waals surface area contributed by atoms with Gasteiger partial charge in [0.25, 0.3) is 0 Å². The highest BCUT2D eigenvalue weighted by atomic mass is 32.1. The molecule has 0 spiro atoms. The van der Waals surface area contributed by atoms with E-state index in [1.54, 1.807) is 0 Å². The van der Waals surface area contributed by atoms with Gasteiger partial charge >= 0.3 is 0 Å². The molecule has 2 aromatic carbocycles. The zero-order chi connectivity index (χ0) is 11.4. The summed E-state index contributed by atoms with van der Waals surface area (Å²) in [7, 11) is 0. The fourth-order valence-electron chi connectivity index (χ4n) is 2.00. The summed E-state index contributed by atoms with van der Waals surface area (Å²) in [5.74, 6) is 0. The lowest BCUT2D eigenvalue weighted by atomic mass is 9.88. The van der Waals surface area contributed by atoms with Crippen LogP contribution < -0.4 is 0 Å². The maximum Gasteiger partial charge on any atom is 0.0624 e. The summed E-state index contributed by atoms with van der Waals surface area (Å²) in [4.78, 5) is 0. The predicted molar refractivity (Wildman–Crippen MR) is 72.9 cm³/mol. The van der Waals surface area contributed by atoms with Crippen molar-refractivity contribution in [1.29, 1.82) is 0 Å². The highest BCUT2D eigenvalue weighted by Gasteiger charge is 2.27. The minimum absolute atomic E-state index is 0.178. The van der Waals surface area contributed by atoms with Crippen molar-refractivity contribution in [3.8, 4) is 0 Å². The Morgan fingerprint density at radius 1 is 0.812 bits per heavy atom. The fraction of sp³-hybridized carbons (Fsp3) is 0.200. The van der Waals surface area contributed by atoms with E-state index in [0.717, 1.165) is 6.42 Å². The highest BCUT2D eigenvalue weighted by Crippen LogP contribution is 2.38. The van der Waals surface area contributed by atoms with Gasteiger partial charge < -0.3 is 0 Å². The molecule has 0 N–H and O–H groups in total. The molecule has 0 aliphatic heterocycles. The first-order chi connectivity index (χ1) is 7.77. The molecule has 82 valence electrons. The molecule has 2 rings (SSSR count). The molecule has 0 saturated heterocycles. The summed E-state index contributed by atoms with van der Waals surface area (Å²) in [5.41, 5.74) is 2.51. The topological polar surface area (TPSA) is 0 Å². The molecule has 0 aliphatic carbocycles. The SMILES string of the molecule is CCC(S)(c1ccccc1)c1ccccc1. The van der Waals surface area contributed by atoms with Gasteiger partial charge in [0.15, 0.2) is 0 Å². The van der Waals surface area contributed by atoms with Gasteiger partial charge in [0, 0.05) is 0 Å². The molecular weight excluding hydrogens is 212 g/mol. The molecule has 1 heteroatoms. The van der Waals surface area contributed by atoms with E-state index >= 15 is 0 Å². The highest BCUT2D eigenvalue weighted by molar-refractivity contribution is 7.81. The molecule has 0 atom stereocenters.